The maximum Gasteiger partial charge on any atom is 0.240 e. The number of benzene rings is 2. The van der Waals surface area contributed by atoms with Crippen molar-refractivity contribution in [2.24, 2.45) is 5.92 Å². The minimum absolute atomic E-state index is 0.263. The van der Waals surface area contributed by atoms with Gasteiger partial charge in [-0.05, 0) is 30.0 Å². The van der Waals surface area contributed by atoms with Gasteiger partial charge in [-0.2, -0.15) is 0 Å². The van der Waals surface area contributed by atoms with Crippen molar-refractivity contribution in [3.8, 4) is 11.5 Å². The molecule has 0 aliphatic rings. The number of sulfonamides is 1. The summed E-state index contributed by atoms with van der Waals surface area (Å²) in [5.41, 5.74) is 1.49. The number of rotatable bonds is 11. The van der Waals surface area contributed by atoms with Gasteiger partial charge in [0.1, 0.15) is 18.0 Å². The highest BCUT2D eigenvalue weighted by Crippen LogP contribution is 2.33. The molecule has 2 rings (SSSR count). The van der Waals surface area contributed by atoms with E-state index in [0.717, 1.165) is 23.4 Å². The normalized spacial score (nSPS) is 12.1. The second-order valence-electron chi connectivity index (χ2n) is 7.08. The van der Waals surface area contributed by atoms with E-state index in [1.54, 1.807) is 18.2 Å². The van der Waals surface area contributed by atoms with Crippen LogP contribution in [-0.2, 0) is 21.2 Å². The maximum absolute atomic E-state index is 12.6. The zero-order chi connectivity index (χ0) is 22.1. The molecule has 0 spiro atoms. The van der Waals surface area contributed by atoms with Gasteiger partial charge in [0.05, 0.1) is 26.2 Å². The number of nitrogens with zero attached hydrogens (tertiary/aromatic N) is 1. The fourth-order valence-corrected chi connectivity index (χ4v) is 3.98. The van der Waals surface area contributed by atoms with E-state index in [1.165, 1.54) is 19.8 Å². The lowest BCUT2D eigenvalue weighted by Gasteiger charge is -2.24. The Kier molecular flexibility index (Phi) is 8.53. The summed E-state index contributed by atoms with van der Waals surface area (Å²) < 4.78 is 36.3. The number of anilines is 1. The number of carbonyl (C=O) groups excluding carboxylic acids is 1. The van der Waals surface area contributed by atoms with Crippen molar-refractivity contribution >= 4 is 21.6 Å². The summed E-state index contributed by atoms with van der Waals surface area (Å²) in [4.78, 5) is 12.6. The first kappa shape index (κ1) is 23.5. The highest BCUT2D eigenvalue weighted by Gasteiger charge is 2.24. The molecule has 30 heavy (non-hydrogen) atoms. The standard InChI is InChI=1S/C22H30N2O5S/c1-5-17(13-18-9-7-6-8-10-18)15-23-22(25)16-24(30(4,26)27)20-12-11-19(28-2)14-21(20)29-3/h6-12,14,17H,5,13,15-16H2,1-4H3,(H,23,25). The lowest BCUT2D eigenvalue weighted by Crippen LogP contribution is -2.42. The van der Waals surface area contributed by atoms with Gasteiger partial charge in [0.2, 0.25) is 15.9 Å². The Morgan fingerprint density at radius 3 is 2.37 bits per heavy atom. The Labute approximate surface area is 179 Å². The number of methoxy groups -OCH3 is 2. The van der Waals surface area contributed by atoms with Crippen LogP contribution in [0.1, 0.15) is 18.9 Å². The van der Waals surface area contributed by atoms with E-state index in [9.17, 15) is 13.2 Å². The second kappa shape index (κ2) is 10.9. The molecule has 1 amide bonds. The predicted octanol–water partition coefficient (Wildman–Crippen LogP) is 2.85. The molecule has 0 heterocycles. The molecular weight excluding hydrogens is 404 g/mol. The largest absolute Gasteiger partial charge is 0.497 e. The van der Waals surface area contributed by atoms with Crippen LogP contribution in [0.3, 0.4) is 0 Å². The Hall–Kier alpha value is -2.74. The van der Waals surface area contributed by atoms with Gasteiger partial charge in [0.15, 0.2) is 0 Å². The van der Waals surface area contributed by atoms with Crippen LogP contribution in [0.2, 0.25) is 0 Å². The Bertz CT molecular complexity index is 932. The quantitative estimate of drug-likeness (QED) is 0.588. The molecule has 0 aliphatic heterocycles. The van der Waals surface area contributed by atoms with Gasteiger partial charge in [-0.1, -0.05) is 43.7 Å². The molecule has 0 radical (unpaired) electrons. The summed E-state index contributed by atoms with van der Waals surface area (Å²) in [5, 5.41) is 2.88. The van der Waals surface area contributed by atoms with Gasteiger partial charge < -0.3 is 14.8 Å². The van der Waals surface area contributed by atoms with E-state index in [1.807, 2.05) is 18.2 Å². The molecule has 0 fully saturated rings. The van der Waals surface area contributed by atoms with Crippen LogP contribution >= 0.6 is 0 Å². The fraction of sp³-hybridized carbons (Fsp3) is 0.409. The molecule has 1 atom stereocenters. The van der Waals surface area contributed by atoms with Crippen molar-refractivity contribution in [1.82, 2.24) is 5.32 Å². The van der Waals surface area contributed by atoms with Gasteiger partial charge in [-0.3, -0.25) is 9.10 Å². The number of amides is 1. The lowest BCUT2D eigenvalue weighted by molar-refractivity contribution is -0.119. The van der Waals surface area contributed by atoms with E-state index >= 15 is 0 Å². The molecule has 0 aromatic heterocycles. The molecule has 164 valence electrons. The molecule has 7 nitrogen and oxygen atoms in total. The summed E-state index contributed by atoms with van der Waals surface area (Å²) in [6.45, 7) is 2.22. The molecule has 8 heteroatoms. The number of hydrogen-bond donors (Lipinski definition) is 1. The van der Waals surface area contributed by atoms with E-state index in [2.05, 4.69) is 24.4 Å². The molecule has 0 bridgehead atoms. The second-order valence-corrected chi connectivity index (χ2v) is 8.98. The van der Waals surface area contributed by atoms with Crippen LogP contribution in [-0.4, -0.2) is 47.9 Å². The summed E-state index contributed by atoms with van der Waals surface area (Å²) in [5.74, 6) is 0.728. The molecule has 0 aliphatic carbocycles. The number of nitrogens with one attached hydrogen (secondary N) is 1. The topological polar surface area (TPSA) is 84.9 Å². The SMILES string of the molecule is CCC(CNC(=O)CN(c1ccc(OC)cc1OC)S(C)(=O)=O)Cc1ccccc1. The minimum Gasteiger partial charge on any atom is -0.497 e. The zero-order valence-corrected chi connectivity index (χ0v) is 18.7. The van der Waals surface area contributed by atoms with Crippen LogP contribution in [0.4, 0.5) is 5.69 Å². The van der Waals surface area contributed by atoms with Crippen molar-refractivity contribution in [2.45, 2.75) is 19.8 Å². The van der Waals surface area contributed by atoms with Crippen LogP contribution in [0.25, 0.3) is 0 Å². The van der Waals surface area contributed by atoms with E-state index in [-0.39, 0.29) is 24.1 Å². The average molecular weight is 435 g/mol. The van der Waals surface area contributed by atoms with Gasteiger partial charge >= 0.3 is 0 Å². The third-order valence-corrected chi connectivity index (χ3v) is 6.00. The molecular formula is C22H30N2O5S. The summed E-state index contributed by atoms with van der Waals surface area (Å²) in [6.07, 6.45) is 2.81. The summed E-state index contributed by atoms with van der Waals surface area (Å²) in [7, 11) is -0.758. The molecule has 2 aromatic rings. The molecule has 1 unspecified atom stereocenters. The average Bonchev–Trinajstić information content (AvgIpc) is 2.74. The molecule has 0 saturated heterocycles. The van der Waals surface area contributed by atoms with Crippen LogP contribution in [0.15, 0.2) is 48.5 Å². The zero-order valence-electron chi connectivity index (χ0n) is 17.9. The first-order valence-electron chi connectivity index (χ1n) is 9.78. The predicted molar refractivity (Wildman–Crippen MR) is 119 cm³/mol. The van der Waals surface area contributed by atoms with E-state index in [0.29, 0.717) is 18.0 Å². The smallest absolute Gasteiger partial charge is 0.240 e. The van der Waals surface area contributed by atoms with Crippen molar-refractivity contribution in [3.05, 3.63) is 54.1 Å². The van der Waals surface area contributed by atoms with Crippen molar-refractivity contribution in [2.75, 3.05) is 37.9 Å². The van der Waals surface area contributed by atoms with Crippen molar-refractivity contribution in [1.29, 1.82) is 0 Å². The van der Waals surface area contributed by atoms with Gasteiger partial charge in [-0.15, -0.1) is 0 Å². The number of hydrogen-bond acceptors (Lipinski definition) is 5. The van der Waals surface area contributed by atoms with E-state index in [4.69, 9.17) is 9.47 Å². The lowest BCUT2D eigenvalue weighted by atomic mass is 9.97. The Balaban J connectivity index is 2.09. The number of carbonyl (C=O) groups is 1. The van der Waals surface area contributed by atoms with Crippen LogP contribution < -0.4 is 19.1 Å². The van der Waals surface area contributed by atoms with Crippen molar-refractivity contribution < 1.29 is 22.7 Å². The van der Waals surface area contributed by atoms with E-state index < -0.39 is 10.0 Å². The molecule has 0 saturated carbocycles. The summed E-state index contributed by atoms with van der Waals surface area (Å²) in [6, 6.07) is 14.9. The monoisotopic (exact) mass is 434 g/mol. The minimum atomic E-state index is -3.71. The van der Waals surface area contributed by atoms with Gasteiger partial charge in [0.25, 0.3) is 0 Å². The van der Waals surface area contributed by atoms with Crippen LogP contribution in [0.5, 0.6) is 11.5 Å². The maximum atomic E-state index is 12.6. The highest BCUT2D eigenvalue weighted by atomic mass is 32.2. The Morgan fingerprint density at radius 1 is 1.10 bits per heavy atom. The number of ether oxygens (including phenoxy) is 2. The van der Waals surface area contributed by atoms with Crippen LogP contribution in [0, 0.1) is 5.92 Å². The Morgan fingerprint density at radius 2 is 1.80 bits per heavy atom. The fourth-order valence-electron chi connectivity index (χ4n) is 3.12. The third kappa shape index (κ3) is 6.66. The summed E-state index contributed by atoms with van der Waals surface area (Å²) >= 11 is 0. The van der Waals surface area contributed by atoms with Gasteiger partial charge in [0, 0.05) is 12.6 Å². The first-order chi connectivity index (χ1) is 14.3. The van der Waals surface area contributed by atoms with Gasteiger partial charge in [-0.25, -0.2) is 8.42 Å². The molecule has 2 aromatic carbocycles. The molecule has 1 N–H and O–H groups in total. The third-order valence-electron chi connectivity index (χ3n) is 4.88. The highest BCUT2D eigenvalue weighted by molar-refractivity contribution is 7.92. The van der Waals surface area contributed by atoms with Crippen molar-refractivity contribution in [3.63, 3.8) is 0 Å². The first-order valence-corrected chi connectivity index (χ1v) is 11.6.